The Labute approximate surface area is 129 Å². The Hall–Kier alpha value is -1.84. The third-order valence-electron chi connectivity index (χ3n) is 3.67. The van der Waals surface area contributed by atoms with Crippen molar-refractivity contribution in [3.05, 3.63) is 53.2 Å². The number of halogens is 1. The molecule has 0 fully saturated rings. The van der Waals surface area contributed by atoms with E-state index in [1.807, 2.05) is 42.6 Å². The van der Waals surface area contributed by atoms with Crippen molar-refractivity contribution in [2.75, 3.05) is 6.54 Å². The smallest absolute Gasteiger partial charge is 0.0867 e. The quantitative estimate of drug-likeness (QED) is 0.695. The van der Waals surface area contributed by atoms with Gasteiger partial charge in [0.2, 0.25) is 0 Å². The van der Waals surface area contributed by atoms with Crippen LogP contribution >= 0.6 is 11.6 Å². The van der Waals surface area contributed by atoms with E-state index < -0.39 is 0 Å². The van der Waals surface area contributed by atoms with Gasteiger partial charge in [-0.15, -0.1) is 0 Å². The number of unbranched alkanes of at least 4 members (excludes halogenated alkanes) is 1. The van der Waals surface area contributed by atoms with E-state index in [-0.39, 0.29) is 0 Å². The Morgan fingerprint density at radius 2 is 2.05 bits per heavy atom. The number of nitrogens with one attached hydrogen (secondary N) is 1. The highest BCUT2D eigenvalue weighted by molar-refractivity contribution is 6.31. The van der Waals surface area contributed by atoms with Crippen LogP contribution in [0.25, 0.3) is 22.3 Å². The summed E-state index contributed by atoms with van der Waals surface area (Å²) in [4.78, 5) is 7.95. The average molecular weight is 300 g/mol. The lowest BCUT2D eigenvalue weighted by Crippen LogP contribution is -1.99. The summed E-state index contributed by atoms with van der Waals surface area (Å²) in [5.41, 5.74) is 10.0. The normalized spacial score (nSPS) is 11.1. The fourth-order valence-corrected chi connectivity index (χ4v) is 2.83. The summed E-state index contributed by atoms with van der Waals surface area (Å²) in [7, 11) is 0. The van der Waals surface area contributed by atoms with Crippen molar-refractivity contribution in [3.8, 4) is 11.4 Å². The molecule has 2 heterocycles. The van der Waals surface area contributed by atoms with Gasteiger partial charge in [-0.3, -0.25) is 4.98 Å². The highest BCUT2D eigenvalue weighted by Crippen LogP contribution is 2.32. The van der Waals surface area contributed by atoms with Gasteiger partial charge in [-0.25, -0.2) is 0 Å². The van der Waals surface area contributed by atoms with Crippen molar-refractivity contribution in [1.29, 1.82) is 0 Å². The van der Waals surface area contributed by atoms with E-state index in [1.54, 1.807) is 0 Å². The zero-order valence-corrected chi connectivity index (χ0v) is 12.5. The molecule has 1 aromatic carbocycles. The van der Waals surface area contributed by atoms with Crippen LogP contribution in [0.2, 0.25) is 5.02 Å². The number of benzene rings is 1. The predicted molar refractivity (Wildman–Crippen MR) is 88.5 cm³/mol. The molecule has 0 bridgehead atoms. The largest absolute Gasteiger partial charge is 0.353 e. The second-order valence-electron chi connectivity index (χ2n) is 5.13. The predicted octanol–water partition coefficient (Wildman–Crippen LogP) is 4.16. The molecule has 0 aliphatic carbocycles. The molecular weight excluding hydrogens is 282 g/mol. The van der Waals surface area contributed by atoms with Crippen molar-refractivity contribution in [2.45, 2.75) is 19.3 Å². The molecule has 21 heavy (non-hydrogen) atoms. The Kier molecular flexibility index (Phi) is 4.23. The first-order chi connectivity index (χ1) is 10.3. The van der Waals surface area contributed by atoms with E-state index >= 15 is 0 Å². The Morgan fingerprint density at radius 3 is 2.81 bits per heavy atom. The average Bonchev–Trinajstić information content (AvgIpc) is 2.87. The number of nitrogens with zero attached hydrogens (tertiary/aromatic N) is 1. The first-order valence-corrected chi connectivity index (χ1v) is 7.59. The van der Waals surface area contributed by atoms with Gasteiger partial charge in [0.25, 0.3) is 0 Å². The Bertz CT molecular complexity index is 734. The molecule has 0 unspecified atom stereocenters. The number of aryl methyl sites for hydroxylation is 1. The first kappa shape index (κ1) is 14.1. The van der Waals surface area contributed by atoms with Crippen LogP contribution in [0.3, 0.4) is 0 Å². The molecule has 4 heteroatoms. The lowest BCUT2D eigenvalue weighted by atomic mass is 10.0. The molecule has 3 N–H and O–H groups in total. The first-order valence-electron chi connectivity index (χ1n) is 7.21. The number of hydrogen-bond acceptors (Lipinski definition) is 2. The number of rotatable bonds is 5. The molecule has 0 aliphatic rings. The zero-order chi connectivity index (χ0) is 14.7. The van der Waals surface area contributed by atoms with Gasteiger partial charge in [0.1, 0.15) is 0 Å². The van der Waals surface area contributed by atoms with Gasteiger partial charge >= 0.3 is 0 Å². The maximum atomic E-state index is 6.16. The van der Waals surface area contributed by atoms with Gasteiger partial charge in [0.15, 0.2) is 0 Å². The van der Waals surface area contributed by atoms with Crippen LogP contribution in [0.4, 0.5) is 0 Å². The molecule has 3 nitrogen and oxygen atoms in total. The number of fused-ring (bicyclic) bond motifs is 1. The van der Waals surface area contributed by atoms with Crippen molar-refractivity contribution in [1.82, 2.24) is 9.97 Å². The number of H-pyrrole nitrogens is 1. The second kappa shape index (κ2) is 6.29. The van der Waals surface area contributed by atoms with E-state index in [4.69, 9.17) is 17.3 Å². The molecule has 3 rings (SSSR count). The summed E-state index contributed by atoms with van der Waals surface area (Å²) in [6, 6.07) is 11.9. The summed E-state index contributed by atoms with van der Waals surface area (Å²) in [5, 5.41) is 1.94. The number of aromatic nitrogens is 2. The summed E-state index contributed by atoms with van der Waals surface area (Å²) in [6.07, 6.45) is 4.88. The summed E-state index contributed by atoms with van der Waals surface area (Å²) < 4.78 is 0. The van der Waals surface area contributed by atoms with Gasteiger partial charge in [-0.05, 0) is 61.7 Å². The third kappa shape index (κ3) is 2.94. The van der Waals surface area contributed by atoms with Gasteiger partial charge < -0.3 is 10.7 Å². The minimum absolute atomic E-state index is 0.724. The Morgan fingerprint density at radius 1 is 1.14 bits per heavy atom. The summed E-state index contributed by atoms with van der Waals surface area (Å²) in [5.74, 6) is 0. The Balaban J connectivity index is 2.11. The number of nitrogens with two attached hydrogens (primary N) is 1. The molecule has 3 aromatic rings. The molecule has 0 aliphatic heterocycles. The van der Waals surface area contributed by atoms with E-state index in [9.17, 15) is 0 Å². The maximum absolute atomic E-state index is 6.16. The van der Waals surface area contributed by atoms with E-state index in [2.05, 4.69) is 9.97 Å². The minimum atomic E-state index is 0.724. The number of pyridine rings is 1. The van der Waals surface area contributed by atoms with Crippen molar-refractivity contribution >= 4 is 22.5 Å². The molecule has 0 amide bonds. The molecule has 0 saturated carbocycles. The molecule has 0 radical (unpaired) electrons. The van der Waals surface area contributed by atoms with Crippen molar-refractivity contribution in [3.63, 3.8) is 0 Å². The van der Waals surface area contributed by atoms with Crippen LogP contribution in [0.1, 0.15) is 18.4 Å². The summed E-state index contributed by atoms with van der Waals surface area (Å²) >= 11 is 6.16. The summed E-state index contributed by atoms with van der Waals surface area (Å²) in [6.45, 7) is 0.724. The molecule has 108 valence electrons. The van der Waals surface area contributed by atoms with E-state index in [0.717, 1.165) is 47.7 Å². The van der Waals surface area contributed by atoms with Crippen LogP contribution in [-0.2, 0) is 6.42 Å². The third-order valence-corrected chi connectivity index (χ3v) is 3.91. The minimum Gasteiger partial charge on any atom is -0.353 e. The van der Waals surface area contributed by atoms with Crippen LogP contribution in [0.15, 0.2) is 42.6 Å². The maximum Gasteiger partial charge on any atom is 0.0867 e. The SMILES string of the molecule is NCCCCc1c(-c2ccccn2)[nH]c2ccc(Cl)cc12. The van der Waals surface area contributed by atoms with Gasteiger partial charge in [-0.2, -0.15) is 0 Å². The molecule has 0 saturated heterocycles. The van der Waals surface area contributed by atoms with E-state index in [1.165, 1.54) is 10.9 Å². The second-order valence-corrected chi connectivity index (χ2v) is 5.57. The highest BCUT2D eigenvalue weighted by atomic mass is 35.5. The van der Waals surface area contributed by atoms with Crippen molar-refractivity contribution in [2.24, 2.45) is 5.73 Å². The van der Waals surface area contributed by atoms with Crippen LogP contribution in [0, 0.1) is 0 Å². The lowest BCUT2D eigenvalue weighted by Gasteiger charge is -2.04. The van der Waals surface area contributed by atoms with Crippen LogP contribution < -0.4 is 5.73 Å². The number of aromatic amines is 1. The van der Waals surface area contributed by atoms with Gasteiger partial charge in [0, 0.05) is 22.1 Å². The highest BCUT2D eigenvalue weighted by Gasteiger charge is 2.13. The van der Waals surface area contributed by atoms with Crippen molar-refractivity contribution < 1.29 is 0 Å². The van der Waals surface area contributed by atoms with Crippen LogP contribution in [0.5, 0.6) is 0 Å². The lowest BCUT2D eigenvalue weighted by molar-refractivity contribution is 0.748. The molecule has 0 atom stereocenters. The van der Waals surface area contributed by atoms with Crippen LogP contribution in [-0.4, -0.2) is 16.5 Å². The molecule has 2 aromatic heterocycles. The molecular formula is C17H18ClN3. The zero-order valence-electron chi connectivity index (χ0n) is 11.8. The standard InChI is InChI=1S/C17H18ClN3/c18-12-7-8-15-14(11-12)13(5-1-3-9-19)17(21-15)16-6-2-4-10-20-16/h2,4,6-8,10-11,21H,1,3,5,9,19H2. The molecule has 0 spiro atoms. The number of hydrogen-bond donors (Lipinski definition) is 2. The topological polar surface area (TPSA) is 54.7 Å². The fraction of sp³-hybridized carbons (Fsp3) is 0.235. The fourth-order valence-electron chi connectivity index (χ4n) is 2.65. The van der Waals surface area contributed by atoms with Gasteiger partial charge in [-0.1, -0.05) is 17.7 Å². The van der Waals surface area contributed by atoms with Gasteiger partial charge in [0.05, 0.1) is 11.4 Å². The monoisotopic (exact) mass is 299 g/mol. The van der Waals surface area contributed by atoms with E-state index in [0.29, 0.717) is 0 Å².